The standard InChI is InChI=1S/C16H23IN4O3/c1-18-16(22)11-20-7-5-12(6-8-20)10-19(2)14-4-3-13(17)9-15(14)21(23)24/h3-4,9,12H,5-8,10-11H2,1-2H3,(H,18,22). The number of likely N-dealkylation sites (tertiary alicyclic amines) is 1. The molecular formula is C16H23IN4O3. The van der Waals surface area contributed by atoms with Gasteiger partial charge in [-0.2, -0.15) is 0 Å². The van der Waals surface area contributed by atoms with E-state index in [-0.39, 0.29) is 16.5 Å². The monoisotopic (exact) mass is 446 g/mol. The van der Waals surface area contributed by atoms with Crippen molar-refractivity contribution < 1.29 is 9.72 Å². The molecule has 1 fully saturated rings. The highest BCUT2D eigenvalue weighted by Crippen LogP contribution is 2.30. The number of halogens is 1. The Bertz CT molecular complexity index is 603. The molecule has 0 spiro atoms. The number of hydrogen-bond acceptors (Lipinski definition) is 5. The minimum atomic E-state index is -0.319. The molecule has 1 N–H and O–H groups in total. The van der Waals surface area contributed by atoms with Crippen molar-refractivity contribution in [3.05, 3.63) is 31.9 Å². The first-order valence-electron chi connectivity index (χ1n) is 7.98. The molecule has 1 aliphatic heterocycles. The number of hydrogen-bond donors (Lipinski definition) is 1. The Labute approximate surface area is 155 Å². The van der Waals surface area contributed by atoms with Crippen LogP contribution in [0.2, 0.25) is 0 Å². The second-order valence-corrected chi connectivity index (χ2v) is 7.41. The van der Waals surface area contributed by atoms with Gasteiger partial charge in [-0.3, -0.25) is 19.8 Å². The summed E-state index contributed by atoms with van der Waals surface area (Å²) in [4.78, 5) is 26.5. The van der Waals surface area contributed by atoms with Gasteiger partial charge in [-0.1, -0.05) is 0 Å². The quantitative estimate of drug-likeness (QED) is 0.412. The predicted octanol–water partition coefficient (Wildman–Crippen LogP) is 2.09. The van der Waals surface area contributed by atoms with Gasteiger partial charge >= 0.3 is 0 Å². The molecule has 7 nitrogen and oxygen atoms in total. The van der Waals surface area contributed by atoms with Gasteiger partial charge in [0.05, 0.1) is 11.5 Å². The van der Waals surface area contributed by atoms with E-state index in [1.807, 2.05) is 24.1 Å². The fourth-order valence-corrected chi connectivity index (χ4v) is 3.54. The zero-order valence-electron chi connectivity index (χ0n) is 14.0. The molecule has 24 heavy (non-hydrogen) atoms. The molecule has 1 aromatic rings. The maximum Gasteiger partial charge on any atom is 0.293 e. The van der Waals surface area contributed by atoms with Gasteiger partial charge in [0.25, 0.3) is 5.69 Å². The molecule has 0 aliphatic carbocycles. The number of amides is 1. The van der Waals surface area contributed by atoms with E-state index in [0.717, 1.165) is 36.0 Å². The molecule has 0 atom stereocenters. The van der Waals surface area contributed by atoms with E-state index in [2.05, 4.69) is 32.8 Å². The molecule has 1 amide bonds. The highest BCUT2D eigenvalue weighted by Gasteiger charge is 2.24. The van der Waals surface area contributed by atoms with E-state index in [9.17, 15) is 14.9 Å². The van der Waals surface area contributed by atoms with Crippen molar-refractivity contribution in [3.8, 4) is 0 Å². The summed E-state index contributed by atoms with van der Waals surface area (Å²) in [5.41, 5.74) is 0.814. The Hall–Kier alpha value is -1.42. The Balaban J connectivity index is 1.93. The number of piperidine rings is 1. The Morgan fingerprint density at radius 1 is 1.46 bits per heavy atom. The lowest BCUT2D eigenvalue weighted by Gasteiger charge is -2.33. The van der Waals surface area contributed by atoms with E-state index >= 15 is 0 Å². The number of anilines is 1. The first-order chi connectivity index (χ1) is 11.4. The molecule has 8 heteroatoms. The summed E-state index contributed by atoms with van der Waals surface area (Å²) in [5.74, 6) is 0.523. The largest absolute Gasteiger partial charge is 0.369 e. The third-order valence-corrected chi connectivity index (χ3v) is 5.10. The van der Waals surface area contributed by atoms with Gasteiger partial charge in [0, 0.05) is 30.3 Å². The van der Waals surface area contributed by atoms with E-state index < -0.39 is 0 Å². The smallest absolute Gasteiger partial charge is 0.293 e. The van der Waals surface area contributed by atoms with Crippen LogP contribution < -0.4 is 10.2 Å². The predicted molar refractivity (Wildman–Crippen MR) is 102 cm³/mol. The number of nitrogens with zero attached hydrogens (tertiary/aromatic N) is 3. The van der Waals surface area contributed by atoms with Crippen molar-refractivity contribution in [3.63, 3.8) is 0 Å². The third-order valence-electron chi connectivity index (χ3n) is 4.43. The van der Waals surface area contributed by atoms with Gasteiger partial charge in [0.2, 0.25) is 5.91 Å². The molecule has 1 aliphatic rings. The average molecular weight is 446 g/mol. The van der Waals surface area contributed by atoms with Crippen LogP contribution in [0.15, 0.2) is 18.2 Å². The summed E-state index contributed by atoms with van der Waals surface area (Å²) in [6.07, 6.45) is 2.00. The first-order valence-corrected chi connectivity index (χ1v) is 9.06. The van der Waals surface area contributed by atoms with Crippen LogP contribution in [0.3, 0.4) is 0 Å². The van der Waals surface area contributed by atoms with Crippen LogP contribution in [0.1, 0.15) is 12.8 Å². The van der Waals surface area contributed by atoms with Crippen LogP contribution in [0.4, 0.5) is 11.4 Å². The summed E-state index contributed by atoms with van der Waals surface area (Å²) in [5, 5.41) is 13.9. The molecule has 1 aromatic carbocycles. The fourth-order valence-electron chi connectivity index (χ4n) is 3.06. The molecule has 132 valence electrons. The molecule has 0 aromatic heterocycles. The number of nitrogens with one attached hydrogen (secondary N) is 1. The topological polar surface area (TPSA) is 78.7 Å². The normalized spacial score (nSPS) is 16.0. The molecule has 1 saturated heterocycles. The number of carbonyl (C=O) groups excluding carboxylic acids is 1. The van der Waals surface area contributed by atoms with Crippen LogP contribution in [0.5, 0.6) is 0 Å². The molecule has 2 rings (SSSR count). The Kier molecular flexibility index (Phi) is 6.79. The van der Waals surface area contributed by atoms with Crippen LogP contribution in [0.25, 0.3) is 0 Å². The third kappa shape index (κ3) is 5.04. The van der Waals surface area contributed by atoms with Crippen LogP contribution in [0, 0.1) is 19.6 Å². The number of carbonyl (C=O) groups is 1. The van der Waals surface area contributed by atoms with Crippen molar-refractivity contribution in [2.75, 3.05) is 45.2 Å². The molecular weight excluding hydrogens is 423 g/mol. The van der Waals surface area contributed by atoms with Gasteiger partial charge in [0.1, 0.15) is 5.69 Å². The molecule has 0 bridgehead atoms. The van der Waals surface area contributed by atoms with Crippen molar-refractivity contribution in [2.45, 2.75) is 12.8 Å². The molecule has 0 unspecified atom stereocenters. The second-order valence-electron chi connectivity index (χ2n) is 6.16. The summed E-state index contributed by atoms with van der Waals surface area (Å²) in [6, 6.07) is 5.32. The Morgan fingerprint density at radius 2 is 2.12 bits per heavy atom. The van der Waals surface area contributed by atoms with E-state index in [0.29, 0.717) is 18.2 Å². The highest BCUT2D eigenvalue weighted by atomic mass is 127. The van der Waals surface area contributed by atoms with Crippen molar-refractivity contribution in [1.29, 1.82) is 0 Å². The average Bonchev–Trinajstić information content (AvgIpc) is 2.56. The van der Waals surface area contributed by atoms with Crippen LogP contribution >= 0.6 is 22.6 Å². The lowest BCUT2D eigenvalue weighted by atomic mass is 9.96. The van der Waals surface area contributed by atoms with Gasteiger partial charge in [-0.15, -0.1) is 0 Å². The number of nitro benzene ring substituents is 1. The zero-order valence-corrected chi connectivity index (χ0v) is 16.2. The lowest BCUT2D eigenvalue weighted by molar-refractivity contribution is -0.384. The maximum atomic E-state index is 11.4. The van der Waals surface area contributed by atoms with E-state index in [1.165, 1.54) is 0 Å². The summed E-state index contributed by atoms with van der Waals surface area (Å²) >= 11 is 2.09. The first kappa shape index (κ1) is 18.9. The number of likely N-dealkylation sites (N-methyl/N-ethyl adjacent to an activating group) is 1. The van der Waals surface area contributed by atoms with Gasteiger partial charge in [0.15, 0.2) is 0 Å². The van der Waals surface area contributed by atoms with Crippen molar-refractivity contribution in [2.24, 2.45) is 5.92 Å². The fraction of sp³-hybridized carbons (Fsp3) is 0.562. The van der Waals surface area contributed by atoms with Crippen LogP contribution in [-0.2, 0) is 4.79 Å². The minimum Gasteiger partial charge on any atom is -0.369 e. The highest BCUT2D eigenvalue weighted by molar-refractivity contribution is 14.1. The van der Waals surface area contributed by atoms with Crippen molar-refractivity contribution in [1.82, 2.24) is 10.2 Å². The second kappa shape index (κ2) is 8.61. The lowest BCUT2D eigenvalue weighted by Crippen LogP contribution is -2.42. The molecule has 1 heterocycles. The minimum absolute atomic E-state index is 0.0417. The summed E-state index contributed by atoms with van der Waals surface area (Å²) in [6.45, 7) is 3.01. The van der Waals surface area contributed by atoms with Gasteiger partial charge < -0.3 is 10.2 Å². The molecule has 0 radical (unpaired) electrons. The van der Waals surface area contributed by atoms with Crippen molar-refractivity contribution >= 4 is 39.9 Å². The van der Waals surface area contributed by atoms with Gasteiger partial charge in [-0.05, 0) is 66.6 Å². The number of rotatable bonds is 6. The Morgan fingerprint density at radius 3 is 2.71 bits per heavy atom. The number of benzene rings is 1. The zero-order chi connectivity index (χ0) is 17.7. The van der Waals surface area contributed by atoms with Gasteiger partial charge in [-0.25, -0.2) is 0 Å². The summed E-state index contributed by atoms with van der Waals surface area (Å²) < 4.78 is 0.860. The van der Waals surface area contributed by atoms with Crippen LogP contribution in [-0.4, -0.2) is 56.0 Å². The SMILES string of the molecule is CNC(=O)CN1CCC(CN(C)c2ccc(I)cc2[N+](=O)[O-])CC1. The maximum absolute atomic E-state index is 11.4. The van der Waals surface area contributed by atoms with E-state index in [4.69, 9.17) is 0 Å². The number of nitro groups is 1. The molecule has 0 saturated carbocycles. The summed E-state index contributed by atoms with van der Waals surface area (Å²) in [7, 11) is 3.56. The van der Waals surface area contributed by atoms with E-state index in [1.54, 1.807) is 13.1 Å².